The standard InChI is InChI=1S/C15H13Cl2FO2/c1-20-11-3-4-12(14(18)8-11)15(19)7-9-6-10(16)2-5-13(9)17/h2-6,8,15,19H,7H2,1H3. The summed E-state index contributed by atoms with van der Waals surface area (Å²) in [5.74, 6) is -0.116. The third-order valence-corrected chi connectivity index (χ3v) is 3.59. The molecule has 1 atom stereocenters. The molecule has 0 aliphatic heterocycles. The van der Waals surface area contributed by atoms with Crippen molar-refractivity contribution in [3.8, 4) is 5.75 Å². The predicted octanol–water partition coefficient (Wildman–Crippen LogP) is 4.42. The Morgan fingerprint density at radius 2 is 1.95 bits per heavy atom. The number of methoxy groups -OCH3 is 1. The number of aliphatic hydroxyl groups excluding tert-OH is 1. The summed E-state index contributed by atoms with van der Waals surface area (Å²) in [6.45, 7) is 0. The molecule has 1 N–H and O–H groups in total. The van der Waals surface area contributed by atoms with Crippen LogP contribution < -0.4 is 4.74 Å². The van der Waals surface area contributed by atoms with Crippen LogP contribution in [0.1, 0.15) is 17.2 Å². The Hall–Kier alpha value is -1.29. The highest BCUT2D eigenvalue weighted by atomic mass is 35.5. The van der Waals surface area contributed by atoms with Gasteiger partial charge in [-0.25, -0.2) is 4.39 Å². The number of halogens is 3. The van der Waals surface area contributed by atoms with Gasteiger partial charge in [0.25, 0.3) is 0 Å². The lowest BCUT2D eigenvalue weighted by Gasteiger charge is -2.14. The molecule has 0 amide bonds. The molecule has 1 unspecified atom stereocenters. The molecule has 0 heterocycles. The molecule has 2 aromatic carbocycles. The van der Waals surface area contributed by atoms with Crippen LogP contribution in [0.3, 0.4) is 0 Å². The molecular formula is C15H13Cl2FO2. The molecule has 5 heteroatoms. The second kappa shape index (κ2) is 6.44. The molecule has 0 spiro atoms. The lowest BCUT2D eigenvalue weighted by molar-refractivity contribution is 0.173. The van der Waals surface area contributed by atoms with Crippen molar-refractivity contribution in [1.29, 1.82) is 0 Å². The fourth-order valence-corrected chi connectivity index (χ4v) is 2.31. The van der Waals surface area contributed by atoms with Gasteiger partial charge in [0.2, 0.25) is 0 Å². The lowest BCUT2D eigenvalue weighted by Crippen LogP contribution is -2.05. The molecule has 0 bridgehead atoms. The molecule has 106 valence electrons. The molecule has 0 aliphatic carbocycles. The Kier molecular flexibility index (Phi) is 4.86. The second-order valence-corrected chi connectivity index (χ2v) is 5.19. The molecule has 0 aromatic heterocycles. The summed E-state index contributed by atoms with van der Waals surface area (Å²) < 4.78 is 18.8. The zero-order valence-electron chi connectivity index (χ0n) is 10.7. The number of aliphatic hydroxyl groups is 1. The second-order valence-electron chi connectivity index (χ2n) is 4.34. The molecule has 0 fully saturated rings. The van der Waals surface area contributed by atoms with E-state index in [2.05, 4.69) is 0 Å². The zero-order chi connectivity index (χ0) is 14.7. The van der Waals surface area contributed by atoms with Crippen LogP contribution in [0.4, 0.5) is 4.39 Å². The Morgan fingerprint density at radius 1 is 1.20 bits per heavy atom. The minimum Gasteiger partial charge on any atom is -0.497 e. The molecule has 2 nitrogen and oxygen atoms in total. The van der Waals surface area contributed by atoms with Gasteiger partial charge in [-0.1, -0.05) is 23.2 Å². The van der Waals surface area contributed by atoms with Crippen molar-refractivity contribution in [3.63, 3.8) is 0 Å². The minimum atomic E-state index is -1.00. The largest absolute Gasteiger partial charge is 0.497 e. The Bertz CT molecular complexity index is 617. The van der Waals surface area contributed by atoms with Gasteiger partial charge < -0.3 is 9.84 Å². The number of benzene rings is 2. The maximum absolute atomic E-state index is 13.9. The van der Waals surface area contributed by atoms with E-state index in [9.17, 15) is 9.50 Å². The number of rotatable bonds is 4. The zero-order valence-corrected chi connectivity index (χ0v) is 12.2. The van der Waals surface area contributed by atoms with Crippen molar-refractivity contribution in [2.45, 2.75) is 12.5 Å². The van der Waals surface area contributed by atoms with Crippen LogP contribution in [-0.2, 0) is 6.42 Å². The summed E-state index contributed by atoms with van der Waals surface area (Å²) in [6, 6.07) is 9.30. The molecule has 2 aromatic rings. The fraction of sp³-hybridized carbons (Fsp3) is 0.200. The average molecular weight is 315 g/mol. The van der Waals surface area contributed by atoms with Crippen LogP contribution in [-0.4, -0.2) is 12.2 Å². The molecule has 0 saturated heterocycles. The lowest BCUT2D eigenvalue weighted by atomic mass is 10.0. The van der Waals surface area contributed by atoms with E-state index < -0.39 is 11.9 Å². The predicted molar refractivity (Wildman–Crippen MR) is 78.1 cm³/mol. The van der Waals surface area contributed by atoms with Gasteiger partial charge in [-0.3, -0.25) is 0 Å². The first-order valence-corrected chi connectivity index (χ1v) is 6.72. The van der Waals surface area contributed by atoms with Gasteiger partial charge in [0.05, 0.1) is 13.2 Å². The third-order valence-electron chi connectivity index (χ3n) is 2.99. The van der Waals surface area contributed by atoms with Crippen molar-refractivity contribution in [2.24, 2.45) is 0 Å². The molecule has 0 saturated carbocycles. The Balaban J connectivity index is 2.23. The van der Waals surface area contributed by atoms with Crippen LogP contribution in [0, 0.1) is 5.82 Å². The quantitative estimate of drug-likeness (QED) is 0.905. The van der Waals surface area contributed by atoms with Crippen molar-refractivity contribution < 1.29 is 14.2 Å². The van der Waals surface area contributed by atoms with E-state index in [0.29, 0.717) is 21.4 Å². The maximum atomic E-state index is 13.9. The van der Waals surface area contributed by atoms with Gasteiger partial charge in [-0.15, -0.1) is 0 Å². The van der Waals surface area contributed by atoms with Gasteiger partial charge in [0.15, 0.2) is 0 Å². The number of hydrogen-bond donors (Lipinski definition) is 1. The van der Waals surface area contributed by atoms with Gasteiger partial charge in [0.1, 0.15) is 11.6 Å². The van der Waals surface area contributed by atoms with Crippen molar-refractivity contribution in [2.75, 3.05) is 7.11 Å². The smallest absolute Gasteiger partial charge is 0.132 e. The molecule has 2 rings (SSSR count). The third kappa shape index (κ3) is 3.42. The van der Waals surface area contributed by atoms with Crippen LogP contribution in [0.2, 0.25) is 10.0 Å². The first-order chi connectivity index (χ1) is 9.51. The summed E-state index contributed by atoms with van der Waals surface area (Å²) >= 11 is 11.9. The highest BCUT2D eigenvalue weighted by Gasteiger charge is 2.16. The van der Waals surface area contributed by atoms with Crippen LogP contribution in [0.15, 0.2) is 36.4 Å². The topological polar surface area (TPSA) is 29.5 Å². The minimum absolute atomic E-state index is 0.183. The van der Waals surface area contributed by atoms with E-state index in [4.69, 9.17) is 27.9 Å². The van der Waals surface area contributed by atoms with Crippen molar-refractivity contribution >= 4 is 23.2 Å². The SMILES string of the molecule is COc1ccc(C(O)Cc2cc(Cl)ccc2Cl)c(F)c1. The van der Waals surface area contributed by atoms with Gasteiger partial charge in [-0.05, 0) is 35.9 Å². The molecular weight excluding hydrogens is 302 g/mol. The van der Waals surface area contributed by atoms with Crippen molar-refractivity contribution in [1.82, 2.24) is 0 Å². The van der Waals surface area contributed by atoms with Crippen LogP contribution in [0.5, 0.6) is 5.75 Å². The van der Waals surface area contributed by atoms with E-state index in [1.54, 1.807) is 24.3 Å². The molecule has 20 heavy (non-hydrogen) atoms. The summed E-state index contributed by atoms with van der Waals surface area (Å²) in [5, 5.41) is 11.2. The van der Waals surface area contributed by atoms with E-state index in [-0.39, 0.29) is 12.0 Å². The van der Waals surface area contributed by atoms with Crippen molar-refractivity contribution in [3.05, 3.63) is 63.4 Å². The first kappa shape index (κ1) is 15.1. The van der Waals surface area contributed by atoms with Crippen LogP contribution in [0.25, 0.3) is 0 Å². The summed E-state index contributed by atoms with van der Waals surface area (Å²) in [4.78, 5) is 0. The average Bonchev–Trinajstić information content (AvgIpc) is 2.42. The number of ether oxygens (including phenoxy) is 1. The Labute approximate surface area is 126 Å². The van der Waals surface area contributed by atoms with E-state index in [1.165, 1.54) is 19.2 Å². The van der Waals surface area contributed by atoms with Gasteiger partial charge in [-0.2, -0.15) is 0 Å². The molecule has 0 aliphatic rings. The van der Waals surface area contributed by atoms with E-state index in [1.807, 2.05) is 0 Å². The normalized spacial score (nSPS) is 12.2. The Morgan fingerprint density at radius 3 is 2.60 bits per heavy atom. The summed E-state index contributed by atoms with van der Waals surface area (Å²) in [7, 11) is 1.45. The van der Waals surface area contributed by atoms with Gasteiger partial charge in [0, 0.05) is 28.1 Å². The fourth-order valence-electron chi connectivity index (χ4n) is 1.92. The first-order valence-electron chi connectivity index (χ1n) is 5.96. The van der Waals surface area contributed by atoms with E-state index in [0.717, 1.165) is 0 Å². The highest BCUT2D eigenvalue weighted by molar-refractivity contribution is 6.33. The van der Waals surface area contributed by atoms with Crippen LogP contribution >= 0.6 is 23.2 Å². The highest BCUT2D eigenvalue weighted by Crippen LogP contribution is 2.28. The van der Waals surface area contributed by atoms with E-state index >= 15 is 0 Å². The monoisotopic (exact) mass is 314 g/mol. The summed E-state index contributed by atoms with van der Waals surface area (Å²) in [5.41, 5.74) is 0.865. The number of hydrogen-bond acceptors (Lipinski definition) is 2. The molecule has 0 radical (unpaired) electrons. The van der Waals surface area contributed by atoms with Gasteiger partial charge >= 0.3 is 0 Å². The maximum Gasteiger partial charge on any atom is 0.132 e. The summed E-state index contributed by atoms with van der Waals surface area (Å²) in [6.07, 6.45) is -0.820.